The van der Waals surface area contributed by atoms with Crippen LogP contribution in [-0.2, 0) is 6.61 Å². The molecule has 1 aromatic carbocycles. The second-order valence-electron chi connectivity index (χ2n) is 3.43. The average molecular weight is 331 g/mol. The first-order valence-electron chi connectivity index (χ1n) is 4.95. The zero-order valence-corrected chi connectivity index (χ0v) is 11.4. The molecule has 0 fully saturated rings. The van der Waals surface area contributed by atoms with Crippen LogP contribution in [-0.4, -0.2) is 11.1 Å². The molecular weight excluding hydrogens is 323 g/mol. The quantitative estimate of drug-likeness (QED) is 0.923. The molecule has 94 valence electrons. The molecule has 0 saturated carbocycles. The van der Waals surface area contributed by atoms with Crippen molar-refractivity contribution in [3.05, 3.63) is 50.4 Å². The van der Waals surface area contributed by atoms with Crippen LogP contribution < -0.4 is 4.74 Å². The van der Waals surface area contributed by atoms with Gasteiger partial charge >= 0.3 is 5.97 Å². The van der Waals surface area contributed by atoms with E-state index in [0.29, 0.717) is 0 Å². The van der Waals surface area contributed by atoms with E-state index in [1.165, 1.54) is 17.4 Å². The first kappa shape index (κ1) is 13.0. The summed E-state index contributed by atoms with van der Waals surface area (Å²) in [6.07, 6.45) is 0. The maximum Gasteiger partial charge on any atom is 0.339 e. The Balaban J connectivity index is 2.20. The third-order valence-electron chi connectivity index (χ3n) is 2.22. The summed E-state index contributed by atoms with van der Waals surface area (Å²) in [4.78, 5) is 11.9. The Morgan fingerprint density at radius 2 is 2.22 bits per heavy atom. The fraction of sp³-hybridized carbons (Fsp3) is 0.0833. The van der Waals surface area contributed by atoms with Crippen LogP contribution in [0.1, 0.15) is 15.2 Å². The van der Waals surface area contributed by atoms with Crippen LogP contribution in [0.2, 0.25) is 0 Å². The third kappa shape index (κ3) is 2.88. The van der Waals surface area contributed by atoms with Crippen LogP contribution in [0.5, 0.6) is 5.75 Å². The summed E-state index contributed by atoms with van der Waals surface area (Å²) in [5.74, 6) is -1.64. The Morgan fingerprint density at radius 1 is 1.44 bits per heavy atom. The average Bonchev–Trinajstić information content (AvgIpc) is 2.72. The van der Waals surface area contributed by atoms with Crippen molar-refractivity contribution in [1.29, 1.82) is 0 Å². The minimum absolute atomic E-state index is 0.0304. The second-order valence-corrected chi connectivity index (χ2v) is 5.28. The Hall–Kier alpha value is -1.40. The molecule has 0 aliphatic rings. The molecule has 1 N–H and O–H groups in total. The molecule has 0 unspecified atom stereocenters. The van der Waals surface area contributed by atoms with E-state index < -0.39 is 11.8 Å². The second kappa shape index (κ2) is 5.49. The third-order valence-corrected chi connectivity index (χ3v) is 4.12. The van der Waals surface area contributed by atoms with Gasteiger partial charge in [0.1, 0.15) is 23.7 Å². The SMILES string of the molecule is O=C(O)c1ccc(F)cc1OCc1sccc1Br. The largest absolute Gasteiger partial charge is 0.487 e. The number of thiophene rings is 1. The van der Waals surface area contributed by atoms with E-state index in [2.05, 4.69) is 15.9 Å². The molecule has 18 heavy (non-hydrogen) atoms. The number of carboxylic acids is 1. The van der Waals surface area contributed by atoms with Crippen LogP contribution in [0.4, 0.5) is 4.39 Å². The van der Waals surface area contributed by atoms with E-state index >= 15 is 0 Å². The lowest BCUT2D eigenvalue weighted by atomic mass is 10.2. The van der Waals surface area contributed by atoms with Gasteiger partial charge in [0.15, 0.2) is 0 Å². The molecule has 0 aliphatic heterocycles. The molecule has 0 atom stereocenters. The van der Waals surface area contributed by atoms with Crippen molar-refractivity contribution < 1.29 is 19.0 Å². The fourth-order valence-corrected chi connectivity index (χ4v) is 2.74. The van der Waals surface area contributed by atoms with E-state index in [0.717, 1.165) is 21.5 Å². The number of rotatable bonds is 4. The maximum atomic E-state index is 13.1. The van der Waals surface area contributed by atoms with Gasteiger partial charge in [0.05, 0.1) is 4.88 Å². The number of hydrogen-bond donors (Lipinski definition) is 1. The van der Waals surface area contributed by atoms with Crippen LogP contribution in [0.15, 0.2) is 34.1 Å². The number of halogens is 2. The Kier molecular flexibility index (Phi) is 3.98. The first-order valence-corrected chi connectivity index (χ1v) is 6.62. The van der Waals surface area contributed by atoms with Crippen molar-refractivity contribution in [3.8, 4) is 5.75 Å². The van der Waals surface area contributed by atoms with E-state index in [4.69, 9.17) is 9.84 Å². The fourth-order valence-electron chi connectivity index (χ4n) is 1.36. The van der Waals surface area contributed by atoms with Gasteiger partial charge in [-0.25, -0.2) is 9.18 Å². The Labute approximate surface area is 115 Å². The molecule has 0 amide bonds. The van der Waals surface area contributed by atoms with Crippen molar-refractivity contribution in [2.24, 2.45) is 0 Å². The topological polar surface area (TPSA) is 46.5 Å². The van der Waals surface area contributed by atoms with E-state index in [1.54, 1.807) is 0 Å². The lowest BCUT2D eigenvalue weighted by Crippen LogP contribution is -2.03. The highest BCUT2D eigenvalue weighted by Crippen LogP contribution is 2.26. The number of ether oxygens (including phenoxy) is 1. The van der Waals surface area contributed by atoms with Gasteiger partial charge in [-0.05, 0) is 39.5 Å². The lowest BCUT2D eigenvalue weighted by Gasteiger charge is -2.08. The van der Waals surface area contributed by atoms with Crippen LogP contribution in [0, 0.1) is 5.82 Å². The summed E-state index contributed by atoms with van der Waals surface area (Å²) < 4.78 is 19.3. The highest BCUT2D eigenvalue weighted by molar-refractivity contribution is 9.10. The van der Waals surface area contributed by atoms with Crippen molar-refractivity contribution in [3.63, 3.8) is 0 Å². The van der Waals surface area contributed by atoms with Crippen LogP contribution >= 0.6 is 27.3 Å². The van der Waals surface area contributed by atoms with E-state index in [1.807, 2.05) is 11.4 Å². The molecular formula is C12H8BrFO3S. The zero-order valence-electron chi connectivity index (χ0n) is 9.02. The molecule has 1 aromatic heterocycles. The van der Waals surface area contributed by atoms with Crippen molar-refractivity contribution in [2.45, 2.75) is 6.61 Å². The minimum Gasteiger partial charge on any atom is -0.487 e. The van der Waals surface area contributed by atoms with E-state index in [9.17, 15) is 9.18 Å². The zero-order chi connectivity index (χ0) is 13.1. The number of carbonyl (C=O) groups is 1. The normalized spacial score (nSPS) is 10.3. The summed E-state index contributed by atoms with van der Waals surface area (Å²) in [7, 11) is 0. The molecule has 0 spiro atoms. The molecule has 1 heterocycles. The summed E-state index contributed by atoms with van der Waals surface area (Å²) in [5.41, 5.74) is -0.0518. The van der Waals surface area contributed by atoms with Crippen molar-refractivity contribution in [2.75, 3.05) is 0 Å². The smallest absolute Gasteiger partial charge is 0.339 e. The molecule has 0 bridgehead atoms. The number of hydrogen-bond acceptors (Lipinski definition) is 3. The standard InChI is InChI=1S/C12H8BrFO3S/c13-9-3-4-18-11(9)6-17-10-5-7(14)1-2-8(10)12(15)16/h1-5H,6H2,(H,15,16). The van der Waals surface area contributed by atoms with Crippen molar-refractivity contribution >= 4 is 33.2 Å². The van der Waals surface area contributed by atoms with E-state index in [-0.39, 0.29) is 17.9 Å². The first-order chi connectivity index (χ1) is 8.58. The van der Waals surface area contributed by atoms with Gasteiger partial charge in [-0.1, -0.05) is 0 Å². The number of benzene rings is 1. The summed E-state index contributed by atoms with van der Waals surface area (Å²) in [6, 6.07) is 5.23. The summed E-state index contributed by atoms with van der Waals surface area (Å²) >= 11 is 4.82. The summed E-state index contributed by atoms with van der Waals surface area (Å²) in [6.45, 7) is 0.196. The monoisotopic (exact) mass is 330 g/mol. The van der Waals surface area contributed by atoms with Gasteiger partial charge < -0.3 is 9.84 Å². The minimum atomic E-state index is -1.14. The molecule has 2 aromatic rings. The van der Waals surface area contributed by atoms with Gasteiger partial charge in [0.2, 0.25) is 0 Å². The number of carboxylic acid groups (broad SMARTS) is 1. The molecule has 2 rings (SSSR count). The number of aromatic carboxylic acids is 1. The Bertz CT molecular complexity index is 582. The van der Waals surface area contributed by atoms with Gasteiger partial charge in [0, 0.05) is 10.5 Å². The molecule has 3 nitrogen and oxygen atoms in total. The molecule has 0 saturated heterocycles. The lowest BCUT2D eigenvalue weighted by molar-refractivity contribution is 0.0691. The highest BCUT2D eigenvalue weighted by Gasteiger charge is 2.13. The molecule has 0 aliphatic carbocycles. The van der Waals surface area contributed by atoms with Gasteiger partial charge in [-0.15, -0.1) is 11.3 Å². The van der Waals surface area contributed by atoms with Crippen LogP contribution in [0.25, 0.3) is 0 Å². The Morgan fingerprint density at radius 3 is 2.83 bits per heavy atom. The predicted molar refractivity (Wildman–Crippen MR) is 69.7 cm³/mol. The molecule has 0 radical (unpaired) electrons. The van der Waals surface area contributed by atoms with Crippen LogP contribution in [0.3, 0.4) is 0 Å². The predicted octanol–water partition coefficient (Wildman–Crippen LogP) is 3.93. The maximum absolute atomic E-state index is 13.1. The van der Waals surface area contributed by atoms with Gasteiger partial charge in [0.25, 0.3) is 0 Å². The molecule has 6 heteroatoms. The van der Waals surface area contributed by atoms with Gasteiger partial charge in [-0.2, -0.15) is 0 Å². The summed E-state index contributed by atoms with van der Waals surface area (Å²) in [5, 5.41) is 10.8. The van der Waals surface area contributed by atoms with Gasteiger partial charge in [-0.3, -0.25) is 0 Å². The van der Waals surface area contributed by atoms with Crippen molar-refractivity contribution in [1.82, 2.24) is 0 Å². The highest BCUT2D eigenvalue weighted by atomic mass is 79.9.